The smallest absolute Gasteiger partial charge is 0.408 e. The van der Waals surface area contributed by atoms with Crippen LogP contribution < -0.4 is 11.1 Å². The van der Waals surface area contributed by atoms with E-state index in [0.717, 1.165) is 16.8 Å². The normalized spacial score (nSPS) is 9.50. The van der Waals surface area contributed by atoms with Gasteiger partial charge in [0.05, 0.1) is 24.1 Å². The summed E-state index contributed by atoms with van der Waals surface area (Å²) in [5, 5.41) is 2.57. The van der Waals surface area contributed by atoms with Crippen molar-refractivity contribution in [1.29, 1.82) is 0 Å². The quantitative estimate of drug-likeness (QED) is 0.851. The zero-order valence-electron chi connectivity index (χ0n) is 12.3. The predicted molar refractivity (Wildman–Crippen MR) is 84.9 cm³/mol. The third-order valence-corrected chi connectivity index (χ3v) is 2.86. The molecule has 0 saturated carbocycles. The van der Waals surface area contributed by atoms with Crippen molar-refractivity contribution in [3.63, 3.8) is 0 Å². The number of pyridine rings is 1. The van der Waals surface area contributed by atoms with Crippen molar-refractivity contribution in [1.82, 2.24) is 10.3 Å². The second-order valence-electron chi connectivity index (χ2n) is 4.62. The Labute approximate surface area is 129 Å². The Morgan fingerprint density at radius 3 is 2.91 bits per heavy atom. The fraction of sp³-hybridized carbons (Fsp3) is 0.176. The lowest BCUT2D eigenvalue weighted by atomic mass is 10.2. The first-order valence-electron chi connectivity index (χ1n) is 6.80. The third-order valence-electron chi connectivity index (χ3n) is 2.86. The monoisotopic (exact) mass is 295 g/mol. The molecule has 1 amide bonds. The van der Waals surface area contributed by atoms with E-state index in [4.69, 9.17) is 10.5 Å². The molecule has 0 aliphatic carbocycles. The highest BCUT2D eigenvalue weighted by molar-refractivity contribution is 5.67. The van der Waals surface area contributed by atoms with Crippen LogP contribution in [0.2, 0.25) is 0 Å². The van der Waals surface area contributed by atoms with Crippen molar-refractivity contribution in [2.45, 2.75) is 13.5 Å². The van der Waals surface area contributed by atoms with E-state index >= 15 is 0 Å². The zero-order valence-corrected chi connectivity index (χ0v) is 12.3. The fourth-order valence-electron chi connectivity index (χ4n) is 1.71. The molecule has 0 aliphatic heterocycles. The highest BCUT2D eigenvalue weighted by atomic mass is 16.5. The number of aromatic nitrogens is 1. The first-order chi connectivity index (χ1) is 10.6. The SMILES string of the molecule is Cc1ncc(N)cc1C#CCNC(=O)OCc1ccccc1. The molecule has 1 heterocycles. The molecule has 0 bridgehead atoms. The van der Waals surface area contributed by atoms with Gasteiger partial charge in [-0.25, -0.2) is 4.79 Å². The van der Waals surface area contributed by atoms with Crippen LogP contribution in [0.15, 0.2) is 42.6 Å². The summed E-state index contributed by atoms with van der Waals surface area (Å²) in [7, 11) is 0. The van der Waals surface area contributed by atoms with Crippen LogP contribution in [0.5, 0.6) is 0 Å². The molecule has 1 aromatic carbocycles. The average Bonchev–Trinajstić information content (AvgIpc) is 2.53. The number of carbonyl (C=O) groups is 1. The van der Waals surface area contributed by atoms with E-state index in [9.17, 15) is 4.79 Å². The molecule has 0 atom stereocenters. The molecule has 0 aliphatic rings. The fourth-order valence-corrected chi connectivity index (χ4v) is 1.71. The number of nitrogens with one attached hydrogen (secondary N) is 1. The Morgan fingerprint density at radius 1 is 1.36 bits per heavy atom. The number of carbonyl (C=O) groups excluding carboxylic acids is 1. The van der Waals surface area contributed by atoms with Crippen LogP contribution in [0.1, 0.15) is 16.8 Å². The van der Waals surface area contributed by atoms with Crippen LogP contribution in [0.4, 0.5) is 10.5 Å². The molecule has 1 aromatic heterocycles. The molecule has 2 rings (SSSR count). The summed E-state index contributed by atoms with van der Waals surface area (Å²) in [4.78, 5) is 15.6. The summed E-state index contributed by atoms with van der Waals surface area (Å²) in [6, 6.07) is 11.2. The van der Waals surface area contributed by atoms with E-state index in [2.05, 4.69) is 22.1 Å². The Bertz CT molecular complexity index is 703. The van der Waals surface area contributed by atoms with Gasteiger partial charge in [0.25, 0.3) is 0 Å². The van der Waals surface area contributed by atoms with Gasteiger partial charge in [0.2, 0.25) is 0 Å². The summed E-state index contributed by atoms with van der Waals surface area (Å²) in [5.41, 5.74) is 8.70. The van der Waals surface area contributed by atoms with E-state index in [-0.39, 0.29) is 13.2 Å². The van der Waals surface area contributed by atoms with Gasteiger partial charge in [-0.1, -0.05) is 42.2 Å². The molecule has 0 fully saturated rings. The Morgan fingerprint density at radius 2 is 2.14 bits per heavy atom. The summed E-state index contributed by atoms with van der Waals surface area (Å²) in [5.74, 6) is 5.76. The highest BCUT2D eigenvalue weighted by Gasteiger charge is 2.00. The molecule has 5 nitrogen and oxygen atoms in total. The lowest BCUT2D eigenvalue weighted by Gasteiger charge is -2.04. The van der Waals surface area contributed by atoms with Gasteiger partial charge in [0, 0.05) is 5.56 Å². The third kappa shape index (κ3) is 4.84. The number of amides is 1. The largest absolute Gasteiger partial charge is 0.445 e. The lowest BCUT2D eigenvalue weighted by Crippen LogP contribution is -2.24. The number of benzene rings is 1. The molecule has 22 heavy (non-hydrogen) atoms. The van der Waals surface area contributed by atoms with Gasteiger partial charge < -0.3 is 15.8 Å². The maximum Gasteiger partial charge on any atom is 0.408 e. The summed E-state index contributed by atoms with van der Waals surface area (Å²) in [6.45, 7) is 2.28. The summed E-state index contributed by atoms with van der Waals surface area (Å²) in [6.07, 6.45) is 1.08. The summed E-state index contributed by atoms with van der Waals surface area (Å²) >= 11 is 0. The molecule has 0 unspecified atom stereocenters. The van der Waals surface area contributed by atoms with Crippen LogP contribution in [-0.2, 0) is 11.3 Å². The van der Waals surface area contributed by atoms with Crippen LogP contribution >= 0.6 is 0 Å². The minimum absolute atomic E-state index is 0.196. The number of anilines is 1. The Balaban J connectivity index is 1.78. The zero-order chi connectivity index (χ0) is 15.8. The standard InChI is InChI=1S/C17H17N3O2/c1-13-15(10-16(18)11-20-13)8-5-9-19-17(21)22-12-14-6-3-2-4-7-14/h2-4,6-7,10-11H,9,12,18H2,1H3,(H,19,21). The lowest BCUT2D eigenvalue weighted by molar-refractivity contribution is 0.141. The van der Waals surface area contributed by atoms with Gasteiger partial charge in [-0.05, 0) is 18.6 Å². The number of rotatable bonds is 3. The maximum absolute atomic E-state index is 11.5. The van der Waals surface area contributed by atoms with Crippen LogP contribution in [-0.4, -0.2) is 17.6 Å². The number of alkyl carbamates (subject to hydrolysis) is 1. The molecule has 0 radical (unpaired) electrons. The molecule has 112 valence electrons. The first-order valence-corrected chi connectivity index (χ1v) is 6.80. The Kier molecular flexibility index (Phi) is 5.38. The number of aryl methyl sites for hydroxylation is 1. The minimum atomic E-state index is -0.499. The van der Waals surface area contributed by atoms with Gasteiger partial charge in [-0.3, -0.25) is 4.98 Å². The van der Waals surface area contributed by atoms with E-state index in [1.807, 2.05) is 37.3 Å². The van der Waals surface area contributed by atoms with E-state index < -0.39 is 6.09 Å². The molecule has 0 spiro atoms. The van der Waals surface area contributed by atoms with Crippen LogP contribution in [0.25, 0.3) is 0 Å². The van der Waals surface area contributed by atoms with Gasteiger partial charge in [-0.15, -0.1) is 0 Å². The van der Waals surface area contributed by atoms with Crippen molar-refractivity contribution in [3.05, 3.63) is 59.4 Å². The number of hydrogen-bond donors (Lipinski definition) is 2. The van der Waals surface area contributed by atoms with E-state index in [0.29, 0.717) is 5.69 Å². The second-order valence-corrected chi connectivity index (χ2v) is 4.62. The molecule has 0 saturated heterocycles. The first kappa shape index (κ1) is 15.4. The molecular weight excluding hydrogens is 278 g/mol. The van der Waals surface area contributed by atoms with E-state index in [1.165, 1.54) is 0 Å². The topological polar surface area (TPSA) is 77.2 Å². The number of nitrogen functional groups attached to an aromatic ring is 1. The van der Waals surface area contributed by atoms with Gasteiger partial charge >= 0.3 is 6.09 Å². The number of hydrogen-bond acceptors (Lipinski definition) is 4. The number of ether oxygens (including phenoxy) is 1. The molecule has 5 heteroatoms. The van der Waals surface area contributed by atoms with Crippen molar-refractivity contribution in [2.24, 2.45) is 0 Å². The summed E-state index contributed by atoms with van der Waals surface area (Å²) < 4.78 is 5.07. The molecule has 3 N–H and O–H groups in total. The van der Waals surface area contributed by atoms with Gasteiger partial charge in [-0.2, -0.15) is 0 Å². The van der Waals surface area contributed by atoms with Crippen LogP contribution in [0, 0.1) is 18.8 Å². The number of nitrogens with two attached hydrogens (primary N) is 1. The van der Waals surface area contributed by atoms with Gasteiger partial charge in [0.15, 0.2) is 0 Å². The molecule has 2 aromatic rings. The average molecular weight is 295 g/mol. The van der Waals surface area contributed by atoms with Crippen LogP contribution in [0.3, 0.4) is 0 Å². The highest BCUT2D eigenvalue weighted by Crippen LogP contribution is 2.07. The molecular formula is C17H17N3O2. The van der Waals surface area contributed by atoms with Crippen molar-refractivity contribution >= 4 is 11.8 Å². The number of nitrogens with zero attached hydrogens (tertiary/aromatic N) is 1. The van der Waals surface area contributed by atoms with E-state index in [1.54, 1.807) is 12.3 Å². The van der Waals surface area contributed by atoms with Crippen molar-refractivity contribution in [3.8, 4) is 11.8 Å². The van der Waals surface area contributed by atoms with Crippen molar-refractivity contribution < 1.29 is 9.53 Å². The second kappa shape index (κ2) is 7.70. The van der Waals surface area contributed by atoms with Gasteiger partial charge in [0.1, 0.15) is 6.61 Å². The predicted octanol–water partition coefficient (Wildman–Crippen LogP) is 2.25. The Hall–Kier alpha value is -3.00. The maximum atomic E-state index is 11.5. The van der Waals surface area contributed by atoms with Crippen molar-refractivity contribution in [2.75, 3.05) is 12.3 Å². The minimum Gasteiger partial charge on any atom is -0.445 e.